The fourth-order valence-electron chi connectivity index (χ4n) is 1.24. The first-order valence-corrected chi connectivity index (χ1v) is 7.62. The lowest BCUT2D eigenvalue weighted by molar-refractivity contribution is -0.170. The third-order valence-corrected chi connectivity index (χ3v) is 2.74. The zero-order valence-corrected chi connectivity index (χ0v) is 15.6. The Balaban J connectivity index is -0.000000403. The van der Waals surface area contributed by atoms with E-state index in [4.69, 9.17) is 56.2 Å². The van der Waals surface area contributed by atoms with E-state index in [2.05, 4.69) is 0 Å². The Morgan fingerprint density at radius 3 is 1.00 bits per heavy atom. The van der Waals surface area contributed by atoms with Crippen molar-refractivity contribution in [1.82, 2.24) is 0 Å². The summed E-state index contributed by atoms with van der Waals surface area (Å²) in [5.41, 5.74) is -2.74. The van der Waals surface area contributed by atoms with Gasteiger partial charge in [0.05, 0.1) is 19.3 Å². The van der Waals surface area contributed by atoms with Crippen molar-refractivity contribution in [3.63, 3.8) is 0 Å². The lowest BCUT2D eigenvalue weighted by Gasteiger charge is -2.18. The molecule has 32 heavy (non-hydrogen) atoms. The molecule has 3 atom stereocenters. The standard InChI is InChI=1S/C6H8O7.C4H6O6.C4H6O5/c7-3(8)1-6(13,5(11)12)2-4(9)10;5-1(3(7)8)2(6)4(9)10;5-2(4(8)9)1-3(6)7/h13H,1-2H2,(H,7,8)(H,9,10)(H,11,12);1-2,5-6H,(H,7,8)(H,9,10);2,5H,1H2,(H,6,7)(H,8,9). The maximum absolute atomic E-state index is 10.3. The van der Waals surface area contributed by atoms with Gasteiger partial charge >= 0.3 is 41.8 Å². The van der Waals surface area contributed by atoms with Crippen LogP contribution in [0.2, 0.25) is 0 Å². The zero-order chi connectivity index (χ0) is 26.4. The lowest BCUT2D eigenvalue weighted by atomic mass is 9.96. The van der Waals surface area contributed by atoms with E-state index in [9.17, 15) is 33.6 Å². The van der Waals surface area contributed by atoms with Crippen molar-refractivity contribution in [2.45, 2.75) is 43.2 Å². The number of carbonyl (C=O) groups is 7. The van der Waals surface area contributed by atoms with Crippen LogP contribution >= 0.6 is 0 Å². The van der Waals surface area contributed by atoms with Gasteiger partial charge in [0, 0.05) is 0 Å². The van der Waals surface area contributed by atoms with Crippen molar-refractivity contribution < 1.29 is 89.7 Å². The fourth-order valence-corrected chi connectivity index (χ4v) is 1.24. The first kappa shape index (κ1) is 32.8. The normalized spacial score (nSPS) is 12.9. The van der Waals surface area contributed by atoms with Gasteiger partial charge in [0.2, 0.25) is 0 Å². The predicted octanol–water partition coefficient (Wildman–Crippen LogP) is -4.46. The van der Waals surface area contributed by atoms with Crippen LogP contribution in [0.25, 0.3) is 0 Å². The van der Waals surface area contributed by atoms with Gasteiger partial charge in [-0.15, -0.1) is 0 Å². The molecule has 0 aliphatic carbocycles. The minimum atomic E-state index is -2.74. The second kappa shape index (κ2) is 15.0. The van der Waals surface area contributed by atoms with Crippen LogP contribution in [0, 0.1) is 0 Å². The Labute approximate surface area is 175 Å². The molecule has 0 radical (unpaired) electrons. The van der Waals surface area contributed by atoms with Gasteiger partial charge in [0.15, 0.2) is 23.9 Å². The van der Waals surface area contributed by atoms with Crippen LogP contribution in [0.1, 0.15) is 19.3 Å². The molecule has 11 N–H and O–H groups in total. The van der Waals surface area contributed by atoms with Gasteiger partial charge < -0.3 is 56.2 Å². The maximum Gasteiger partial charge on any atom is 0.336 e. The summed E-state index contributed by atoms with van der Waals surface area (Å²) in [6.45, 7) is 0. The molecule has 0 aliphatic rings. The monoisotopic (exact) mass is 476 g/mol. The minimum absolute atomic E-state index is 0.755. The van der Waals surface area contributed by atoms with E-state index < -0.39 is 85.0 Å². The molecule has 0 aliphatic heterocycles. The molecule has 0 aromatic carbocycles. The van der Waals surface area contributed by atoms with E-state index in [0.29, 0.717) is 0 Å². The van der Waals surface area contributed by atoms with Crippen LogP contribution in [0.4, 0.5) is 0 Å². The molecule has 0 fully saturated rings. The van der Waals surface area contributed by atoms with Gasteiger partial charge in [-0.05, 0) is 0 Å². The predicted molar refractivity (Wildman–Crippen MR) is 90.3 cm³/mol. The summed E-state index contributed by atoms with van der Waals surface area (Å²) in [6, 6.07) is 0. The van der Waals surface area contributed by atoms with Crippen molar-refractivity contribution in [2.75, 3.05) is 0 Å². The zero-order valence-electron chi connectivity index (χ0n) is 15.6. The van der Waals surface area contributed by atoms with Crippen LogP contribution in [-0.2, 0) is 33.6 Å². The number of hydrogen-bond acceptors (Lipinski definition) is 11. The SMILES string of the molecule is O=C(O)C(O)C(O)C(=O)O.O=C(O)CC(O)(CC(=O)O)C(=O)O.O=C(O)CC(O)C(=O)O. The Morgan fingerprint density at radius 2 is 0.875 bits per heavy atom. The number of carboxylic acids is 7. The first-order valence-electron chi connectivity index (χ1n) is 7.62. The van der Waals surface area contributed by atoms with E-state index in [0.717, 1.165) is 0 Å². The highest BCUT2D eigenvalue weighted by Gasteiger charge is 2.40. The van der Waals surface area contributed by atoms with Gasteiger partial charge in [0.25, 0.3) is 0 Å². The molecule has 0 saturated heterocycles. The second-order valence-corrected chi connectivity index (χ2v) is 5.50. The van der Waals surface area contributed by atoms with Crippen LogP contribution in [0.15, 0.2) is 0 Å². The highest BCUT2D eigenvalue weighted by Crippen LogP contribution is 2.15. The highest BCUT2D eigenvalue weighted by atomic mass is 16.4. The molecule has 184 valence electrons. The molecule has 0 aromatic rings. The van der Waals surface area contributed by atoms with Crippen molar-refractivity contribution in [2.24, 2.45) is 0 Å². The molecule has 18 heteroatoms. The summed E-state index contributed by atoms with van der Waals surface area (Å²) in [5.74, 6) is -11.4. The Kier molecular flexibility index (Phi) is 15.4. The Hall–Kier alpha value is -3.87. The van der Waals surface area contributed by atoms with Crippen molar-refractivity contribution in [1.29, 1.82) is 0 Å². The summed E-state index contributed by atoms with van der Waals surface area (Å²) in [5, 5.41) is 90.5. The molecule has 0 heterocycles. The maximum atomic E-state index is 10.3. The average molecular weight is 476 g/mol. The summed E-state index contributed by atoms with van der Waals surface area (Å²) < 4.78 is 0. The quantitative estimate of drug-likeness (QED) is 0.134. The lowest BCUT2D eigenvalue weighted by Crippen LogP contribution is -2.42. The van der Waals surface area contributed by atoms with Crippen molar-refractivity contribution in [3.05, 3.63) is 0 Å². The molecular weight excluding hydrogens is 456 g/mol. The van der Waals surface area contributed by atoms with Crippen LogP contribution in [-0.4, -0.2) is 122 Å². The van der Waals surface area contributed by atoms with Crippen molar-refractivity contribution >= 4 is 41.8 Å². The number of aliphatic hydroxyl groups excluding tert-OH is 3. The molecule has 18 nitrogen and oxygen atoms in total. The summed E-state index contributed by atoms with van der Waals surface area (Å²) in [6.07, 6.45) is -9.36. The van der Waals surface area contributed by atoms with Gasteiger partial charge in [-0.3, -0.25) is 14.4 Å². The Bertz CT molecular complexity index is 676. The molecule has 3 unspecified atom stereocenters. The number of aliphatic carboxylic acids is 7. The van der Waals surface area contributed by atoms with E-state index in [-0.39, 0.29) is 0 Å². The van der Waals surface area contributed by atoms with Gasteiger partial charge in [-0.2, -0.15) is 0 Å². The molecule has 0 saturated carbocycles. The molecule has 0 amide bonds. The van der Waals surface area contributed by atoms with E-state index in [1.54, 1.807) is 0 Å². The minimum Gasteiger partial charge on any atom is -0.481 e. The molecular formula is C14H20O18. The van der Waals surface area contributed by atoms with Gasteiger partial charge in [-0.1, -0.05) is 0 Å². The molecule has 0 aromatic heterocycles. The average Bonchev–Trinajstić information content (AvgIpc) is 2.59. The highest BCUT2D eigenvalue weighted by molar-refractivity contribution is 5.88. The number of rotatable bonds is 11. The van der Waals surface area contributed by atoms with Gasteiger partial charge in [0.1, 0.15) is 0 Å². The van der Waals surface area contributed by atoms with Crippen LogP contribution < -0.4 is 0 Å². The fraction of sp³-hybridized carbons (Fsp3) is 0.500. The van der Waals surface area contributed by atoms with Gasteiger partial charge in [-0.25, -0.2) is 19.2 Å². The second-order valence-electron chi connectivity index (χ2n) is 5.50. The molecule has 0 rings (SSSR count). The topological polar surface area (TPSA) is 342 Å². The smallest absolute Gasteiger partial charge is 0.336 e. The van der Waals surface area contributed by atoms with Crippen LogP contribution in [0.3, 0.4) is 0 Å². The van der Waals surface area contributed by atoms with Crippen LogP contribution in [0.5, 0.6) is 0 Å². The van der Waals surface area contributed by atoms with E-state index >= 15 is 0 Å². The molecule has 0 spiro atoms. The van der Waals surface area contributed by atoms with E-state index in [1.165, 1.54) is 0 Å². The number of aliphatic hydroxyl groups is 4. The Morgan fingerprint density at radius 1 is 0.562 bits per heavy atom. The first-order chi connectivity index (χ1) is 14.3. The van der Waals surface area contributed by atoms with E-state index in [1.807, 2.05) is 0 Å². The molecule has 0 bridgehead atoms. The number of carboxylic acid groups (broad SMARTS) is 7. The largest absolute Gasteiger partial charge is 0.481 e. The summed E-state index contributed by atoms with van der Waals surface area (Å²) in [4.78, 5) is 69.4. The third kappa shape index (κ3) is 16.0. The summed E-state index contributed by atoms with van der Waals surface area (Å²) in [7, 11) is 0. The van der Waals surface area contributed by atoms with Crippen molar-refractivity contribution in [3.8, 4) is 0 Å². The number of hydrogen-bond donors (Lipinski definition) is 11. The third-order valence-electron chi connectivity index (χ3n) is 2.74. The summed E-state index contributed by atoms with van der Waals surface area (Å²) >= 11 is 0.